The zero-order valence-corrected chi connectivity index (χ0v) is 19.8. The summed E-state index contributed by atoms with van der Waals surface area (Å²) in [7, 11) is 0. The average Bonchev–Trinajstić information content (AvgIpc) is 2.64. The summed E-state index contributed by atoms with van der Waals surface area (Å²) in [5.74, 6) is 1.61. The Balaban J connectivity index is 2.12. The van der Waals surface area contributed by atoms with Crippen LogP contribution in [0.5, 0.6) is 11.5 Å². The molecule has 4 nitrogen and oxygen atoms in total. The van der Waals surface area contributed by atoms with Gasteiger partial charge in [0, 0.05) is 0 Å². The second-order valence-corrected chi connectivity index (χ2v) is 10.2. The molecule has 30 heavy (non-hydrogen) atoms. The fourth-order valence-corrected chi connectivity index (χ4v) is 2.99. The standard InChI is InChI=1S/C26H37NO3/c1-18(2)16-29-23-12-10-9-11-21(23)27-24(28)17-30-22-14-13-19(25(3,4)5)15-20(22)26(6,7)8/h9-15,18H,16-17H2,1-8H3,(H,27,28). The number of rotatable bonds is 7. The molecule has 1 N–H and O–H groups in total. The van der Waals surface area contributed by atoms with Gasteiger partial charge in [0.1, 0.15) is 11.5 Å². The van der Waals surface area contributed by atoms with Gasteiger partial charge in [0.15, 0.2) is 6.61 Å². The Labute approximate surface area is 182 Å². The summed E-state index contributed by atoms with van der Waals surface area (Å²) >= 11 is 0. The van der Waals surface area contributed by atoms with Crippen molar-refractivity contribution in [3.63, 3.8) is 0 Å². The molecule has 0 heterocycles. The van der Waals surface area contributed by atoms with E-state index in [9.17, 15) is 4.79 Å². The van der Waals surface area contributed by atoms with E-state index in [1.165, 1.54) is 5.56 Å². The highest BCUT2D eigenvalue weighted by Crippen LogP contribution is 2.35. The molecule has 0 saturated carbocycles. The van der Waals surface area contributed by atoms with E-state index in [2.05, 4.69) is 72.8 Å². The Morgan fingerprint density at radius 1 is 0.900 bits per heavy atom. The van der Waals surface area contributed by atoms with Crippen LogP contribution in [0.2, 0.25) is 0 Å². The molecule has 0 fully saturated rings. The van der Waals surface area contributed by atoms with Crippen LogP contribution < -0.4 is 14.8 Å². The van der Waals surface area contributed by atoms with Gasteiger partial charge in [-0.25, -0.2) is 0 Å². The highest BCUT2D eigenvalue weighted by molar-refractivity contribution is 5.93. The molecule has 0 atom stereocenters. The monoisotopic (exact) mass is 411 g/mol. The van der Waals surface area contributed by atoms with Gasteiger partial charge in [0.2, 0.25) is 0 Å². The van der Waals surface area contributed by atoms with Gasteiger partial charge < -0.3 is 14.8 Å². The molecule has 164 valence electrons. The largest absolute Gasteiger partial charge is 0.491 e. The first-order chi connectivity index (χ1) is 13.9. The molecule has 0 saturated heterocycles. The molecule has 0 radical (unpaired) electrons. The van der Waals surface area contributed by atoms with Crippen molar-refractivity contribution < 1.29 is 14.3 Å². The minimum atomic E-state index is -0.213. The van der Waals surface area contributed by atoms with Crippen molar-refractivity contribution in [2.45, 2.75) is 66.2 Å². The van der Waals surface area contributed by atoms with E-state index in [4.69, 9.17) is 9.47 Å². The van der Waals surface area contributed by atoms with Crippen LogP contribution >= 0.6 is 0 Å². The van der Waals surface area contributed by atoms with Gasteiger partial charge in [-0.15, -0.1) is 0 Å². The van der Waals surface area contributed by atoms with Crippen LogP contribution in [0.3, 0.4) is 0 Å². The number of carbonyl (C=O) groups is 1. The van der Waals surface area contributed by atoms with E-state index in [1.807, 2.05) is 30.3 Å². The molecule has 0 unspecified atom stereocenters. The molecule has 0 aliphatic rings. The molecular formula is C26H37NO3. The summed E-state index contributed by atoms with van der Waals surface area (Å²) in [6.45, 7) is 17.8. The summed E-state index contributed by atoms with van der Waals surface area (Å²) in [6, 6.07) is 13.7. The summed E-state index contributed by atoms with van der Waals surface area (Å²) in [6.07, 6.45) is 0. The van der Waals surface area contributed by atoms with Crippen molar-refractivity contribution in [2.75, 3.05) is 18.5 Å². The highest BCUT2D eigenvalue weighted by Gasteiger charge is 2.23. The summed E-state index contributed by atoms with van der Waals surface area (Å²) in [5.41, 5.74) is 2.97. The fraction of sp³-hybridized carbons (Fsp3) is 0.500. The first-order valence-electron chi connectivity index (χ1n) is 10.7. The lowest BCUT2D eigenvalue weighted by molar-refractivity contribution is -0.118. The zero-order valence-electron chi connectivity index (χ0n) is 19.8. The Bertz CT molecular complexity index is 857. The summed E-state index contributed by atoms with van der Waals surface area (Å²) < 4.78 is 11.8. The zero-order chi connectivity index (χ0) is 22.5. The minimum Gasteiger partial charge on any atom is -0.491 e. The van der Waals surface area contributed by atoms with Crippen LogP contribution in [-0.2, 0) is 15.6 Å². The molecule has 2 aromatic carbocycles. The molecule has 0 aliphatic carbocycles. The van der Waals surface area contributed by atoms with Gasteiger partial charge in [0.25, 0.3) is 5.91 Å². The smallest absolute Gasteiger partial charge is 0.262 e. The number of amides is 1. The second kappa shape index (κ2) is 9.55. The fourth-order valence-electron chi connectivity index (χ4n) is 2.99. The van der Waals surface area contributed by atoms with Crippen molar-refractivity contribution in [1.82, 2.24) is 0 Å². The maximum Gasteiger partial charge on any atom is 0.262 e. The van der Waals surface area contributed by atoms with E-state index < -0.39 is 0 Å². The molecule has 0 bridgehead atoms. The molecule has 2 rings (SSSR count). The number of hydrogen-bond acceptors (Lipinski definition) is 3. The number of ether oxygens (including phenoxy) is 2. The normalized spacial score (nSPS) is 12.0. The predicted octanol–water partition coefficient (Wildman–Crippen LogP) is 6.33. The van der Waals surface area contributed by atoms with Gasteiger partial charge in [-0.3, -0.25) is 4.79 Å². The van der Waals surface area contributed by atoms with Crippen LogP contribution in [0.1, 0.15) is 66.5 Å². The molecule has 0 aromatic heterocycles. The SMILES string of the molecule is CC(C)COc1ccccc1NC(=O)COc1ccc(C(C)(C)C)cc1C(C)(C)C. The first-order valence-corrected chi connectivity index (χ1v) is 10.7. The quantitative estimate of drug-likeness (QED) is 0.579. The van der Waals surface area contributed by atoms with E-state index >= 15 is 0 Å². The molecule has 4 heteroatoms. The topological polar surface area (TPSA) is 47.6 Å². The van der Waals surface area contributed by atoms with Crippen LogP contribution in [0, 0.1) is 5.92 Å². The van der Waals surface area contributed by atoms with Crippen LogP contribution in [0.15, 0.2) is 42.5 Å². The second-order valence-electron chi connectivity index (χ2n) is 10.2. The Kier molecular flexibility index (Phi) is 7.57. The van der Waals surface area contributed by atoms with Crippen molar-refractivity contribution in [1.29, 1.82) is 0 Å². The Morgan fingerprint density at radius 3 is 2.17 bits per heavy atom. The van der Waals surface area contributed by atoms with Crippen LogP contribution in [0.25, 0.3) is 0 Å². The molecule has 0 aliphatic heterocycles. The summed E-state index contributed by atoms with van der Waals surface area (Å²) in [5, 5.41) is 2.91. The molecular weight excluding hydrogens is 374 g/mol. The minimum absolute atomic E-state index is 0.0512. The van der Waals surface area contributed by atoms with Gasteiger partial charge >= 0.3 is 0 Å². The highest BCUT2D eigenvalue weighted by atomic mass is 16.5. The van der Waals surface area contributed by atoms with Gasteiger partial charge in [-0.1, -0.05) is 79.7 Å². The summed E-state index contributed by atoms with van der Waals surface area (Å²) in [4.78, 5) is 12.6. The van der Waals surface area contributed by atoms with Crippen LogP contribution in [0.4, 0.5) is 5.69 Å². The lowest BCUT2D eigenvalue weighted by Crippen LogP contribution is -2.23. The maximum absolute atomic E-state index is 12.6. The molecule has 0 spiro atoms. The van der Waals surface area contributed by atoms with Crippen molar-refractivity contribution >= 4 is 11.6 Å². The average molecular weight is 412 g/mol. The van der Waals surface area contributed by atoms with E-state index in [0.717, 1.165) is 11.3 Å². The lowest BCUT2D eigenvalue weighted by atomic mass is 9.80. The van der Waals surface area contributed by atoms with Gasteiger partial charge in [-0.05, 0) is 46.1 Å². The maximum atomic E-state index is 12.6. The molecule has 1 amide bonds. The number of para-hydroxylation sites is 2. The number of hydrogen-bond donors (Lipinski definition) is 1. The third kappa shape index (κ3) is 6.79. The third-order valence-corrected chi connectivity index (χ3v) is 4.75. The third-order valence-electron chi connectivity index (χ3n) is 4.75. The van der Waals surface area contributed by atoms with Crippen molar-refractivity contribution in [2.24, 2.45) is 5.92 Å². The first kappa shape index (κ1) is 23.8. The van der Waals surface area contributed by atoms with Crippen molar-refractivity contribution in [3.8, 4) is 11.5 Å². The lowest BCUT2D eigenvalue weighted by Gasteiger charge is -2.27. The van der Waals surface area contributed by atoms with E-state index in [1.54, 1.807) is 0 Å². The number of anilines is 1. The molecule has 2 aromatic rings. The van der Waals surface area contributed by atoms with Crippen LogP contribution in [-0.4, -0.2) is 19.1 Å². The van der Waals surface area contributed by atoms with E-state index in [0.29, 0.717) is 24.0 Å². The number of carbonyl (C=O) groups excluding carboxylic acids is 1. The predicted molar refractivity (Wildman–Crippen MR) is 125 cm³/mol. The number of nitrogens with one attached hydrogen (secondary N) is 1. The Hall–Kier alpha value is -2.49. The number of benzene rings is 2. The van der Waals surface area contributed by atoms with Gasteiger partial charge in [-0.2, -0.15) is 0 Å². The van der Waals surface area contributed by atoms with E-state index in [-0.39, 0.29) is 23.3 Å². The Morgan fingerprint density at radius 2 is 1.57 bits per heavy atom. The van der Waals surface area contributed by atoms with Crippen molar-refractivity contribution in [3.05, 3.63) is 53.6 Å². The van der Waals surface area contributed by atoms with Gasteiger partial charge in [0.05, 0.1) is 12.3 Å².